The fraction of sp³-hybridized carbons (Fsp3) is 0.545. The summed E-state index contributed by atoms with van der Waals surface area (Å²) in [5.74, 6) is 0.659. The summed E-state index contributed by atoms with van der Waals surface area (Å²) in [5.41, 5.74) is 5.85. The number of rotatable bonds is 4. The van der Waals surface area contributed by atoms with Crippen molar-refractivity contribution in [3.05, 3.63) is 16.3 Å². The van der Waals surface area contributed by atoms with Crippen LogP contribution < -0.4 is 15.8 Å². The largest absolute Gasteiger partial charge is 0.496 e. The highest BCUT2D eigenvalue weighted by atomic mass is 32.1. The summed E-state index contributed by atoms with van der Waals surface area (Å²) in [4.78, 5) is 12.4. The standard InChI is InChI=1S/C11H16N2O2S/c1-15-8-5-9(16-6-8)10(14)13-7-11(12)3-2-4-11/h5-6H,2-4,7,12H2,1H3,(H,13,14). The lowest BCUT2D eigenvalue weighted by atomic mass is 9.78. The van der Waals surface area contributed by atoms with Crippen LogP contribution in [0.15, 0.2) is 11.4 Å². The van der Waals surface area contributed by atoms with Crippen LogP contribution in [0.5, 0.6) is 5.75 Å². The summed E-state index contributed by atoms with van der Waals surface area (Å²) in [5, 5.41) is 4.69. The van der Waals surface area contributed by atoms with Crippen molar-refractivity contribution < 1.29 is 9.53 Å². The van der Waals surface area contributed by atoms with Gasteiger partial charge in [-0.05, 0) is 19.3 Å². The van der Waals surface area contributed by atoms with E-state index in [2.05, 4.69) is 5.32 Å². The van der Waals surface area contributed by atoms with E-state index in [0.29, 0.717) is 11.4 Å². The molecule has 1 heterocycles. The first kappa shape index (κ1) is 11.4. The van der Waals surface area contributed by atoms with E-state index in [1.807, 2.05) is 5.38 Å². The summed E-state index contributed by atoms with van der Waals surface area (Å²) >= 11 is 1.38. The average molecular weight is 240 g/mol. The van der Waals surface area contributed by atoms with Crippen molar-refractivity contribution in [1.82, 2.24) is 5.32 Å². The van der Waals surface area contributed by atoms with E-state index in [-0.39, 0.29) is 11.4 Å². The molecule has 0 saturated heterocycles. The molecular formula is C11H16N2O2S. The zero-order valence-corrected chi connectivity index (χ0v) is 10.1. The maximum Gasteiger partial charge on any atom is 0.261 e. The number of thiophene rings is 1. The number of carbonyl (C=O) groups is 1. The van der Waals surface area contributed by atoms with Crippen LogP contribution in [0, 0.1) is 0 Å². The summed E-state index contributed by atoms with van der Waals surface area (Å²) in [6.07, 6.45) is 3.17. The van der Waals surface area contributed by atoms with Crippen molar-refractivity contribution in [2.24, 2.45) is 5.73 Å². The Morgan fingerprint density at radius 3 is 2.94 bits per heavy atom. The highest BCUT2D eigenvalue weighted by Crippen LogP contribution is 2.28. The minimum absolute atomic E-state index is 0.0648. The number of methoxy groups -OCH3 is 1. The van der Waals surface area contributed by atoms with Crippen molar-refractivity contribution in [3.8, 4) is 5.75 Å². The van der Waals surface area contributed by atoms with E-state index in [9.17, 15) is 4.79 Å². The van der Waals surface area contributed by atoms with E-state index in [4.69, 9.17) is 10.5 Å². The Morgan fingerprint density at radius 2 is 2.44 bits per heavy atom. The fourth-order valence-corrected chi connectivity index (χ4v) is 2.47. The molecule has 1 aliphatic carbocycles. The van der Waals surface area contributed by atoms with Crippen molar-refractivity contribution in [2.75, 3.05) is 13.7 Å². The van der Waals surface area contributed by atoms with Gasteiger partial charge in [0.1, 0.15) is 5.75 Å². The molecule has 0 aromatic carbocycles. The Morgan fingerprint density at radius 1 is 1.69 bits per heavy atom. The molecule has 0 atom stereocenters. The van der Waals surface area contributed by atoms with Crippen LogP contribution >= 0.6 is 11.3 Å². The monoisotopic (exact) mass is 240 g/mol. The summed E-state index contributed by atoms with van der Waals surface area (Å²) in [6, 6.07) is 1.74. The van der Waals surface area contributed by atoms with E-state index in [0.717, 1.165) is 18.6 Å². The third kappa shape index (κ3) is 2.36. The minimum atomic E-state index is -0.170. The molecule has 1 aromatic heterocycles. The van der Waals surface area contributed by atoms with Crippen LogP contribution in [-0.2, 0) is 0 Å². The highest BCUT2D eigenvalue weighted by Gasteiger charge is 2.32. The van der Waals surface area contributed by atoms with Crippen LogP contribution in [0.25, 0.3) is 0 Å². The van der Waals surface area contributed by atoms with Crippen LogP contribution in [0.1, 0.15) is 28.9 Å². The van der Waals surface area contributed by atoms with Gasteiger partial charge in [0, 0.05) is 23.5 Å². The molecule has 4 nitrogen and oxygen atoms in total. The Bertz CT molecular complexity index is 385. The zero-order chi connectivity index (χ0) is 11.6. The molecule has 1 amide bonds. The van der Waals surface area contributed by atoms with Gasteiger partial charge in [0.25, 0.3) is 5.91 Å². The molecule has 0 spiro atoms. The number of amides is 1. The predicted octanol–water partition coefficient (Wildman–Crippen LogP) is 1.37. The maximum absolute atomic E-state index is 11.7. The smallest absolute Gasteiger partial charge is 0.261 e. The maximum atomic E-state index is 11.7. The molecule has 0 bridgehead atoms. The summed E-state index contributed by atoms with van der Waals surface area (Å²) in [6.45, 7) is 0.562. The first-order valence-electron chi connectivity index (χ1n) is 5.33. The van der Waals surface area contributed by atoms with Gasteiger partial charge < -0.3 is 15.8 Å². The normalized spacial score (nSPS) is 17.6. The van der Waals surface area contributed by atoms with Crippen LogP contribution in [-0.4, -0.2) is 25.1 Å². The van der Waals surface area contributed by atoms with Gasteiger partial charge >= 0.3 is 0 Å². The van der Waals surface area contributed by atoms with Gasteiger partial charge in [0.05, 0.1) is 12.0 Å². The molecule has 0 aliphatic heterocycles. The minimum Gasteiger partial charge on any atom is -0.496 e. The lowest BCUT2D eigenvalue weighted by molar-refractivity contribution is 0.0933. The predicted molar refractivity (Wildman–Crippen MR) is 64.0 cm³/mol. The van der Waals surface area contributed by atoms with Crippen LogP contribution in [0.2, 0.25) is 0 Å². The number of ether oxygens (including phenoxy) is 1. The third-order valence-electron chi connectivity index (χ3n) is 2.99. The van der Waals surface area contributed by atoms with Gasteiger partial charge in [-0.3, -0.25) is 4.79 Å². The molecule has 88 valence electrons. The van der Waals surface area contributed by atoms with Crippen molar-refractivity contribution in [3.63, 3.8) is 0 Å². The van der Waals surface area contributed by atoms with E-state index < -0.39 is 0 Å². The lowest BCUT2D eigenvalue weighted by Gasteiger charge is -2.38. The average Bonchev–Trinajstić information content (AvgIpc) is 2.71. The van der Waals surface area contributed by atoms with Crippen LogP contribution in [0.4, 0.5) is 0 Å². The van der Waals surface area contributed by atoms with Crippen molar-refractivity contribution in [1.29, 1.82) is 0 Å². The van der Waals surface area contributed by atoms with Gasteiger partial charge in [-0.15, -0.1) is 11.3 Å². The second-order valence-corrected chi connectivity index (χ2v) is 5.16. The van der Waals surface area contributed by atoms with Gasteiger partial charge in [-0.2, -0.15) is 0 Å². The Balaban J connectivity index is 1.87. The molecule has 1 fully saturated rings. The lowest BCUT2D eigenvalue weighted by Crippen LogP contribution is -2.54. The Kier molecular flexibility index (Phi) is 3.16. The van der Waals surface area contributed by atoms with Gasteiger partial charge in [-0.1, -0.05) is 0 Å². The van der Waals surface area contributed by atoms with Crippen molar-refractivity contribution in [2.45, 2.75) is 24.8 Å². The van der Waals surface area contributed by atoms with E-state index in [1.165, 1.54) is 17.8 Å². The number of hydrogen-bond donors (Lipinski definition) is 2. The first-order chi connectivity index (χ1) is 7.63. The SMILES string of the molecule is COc1csc(C(=O)NCC2(N)CCC2)c1. The third-order valence-corrected chi connectivity index (χ3v) is 3.89. The van der Waals surface area contributed by atoms with Gasteiger partial charge in [-0.25, -0.2) is 0 Å². The van der Waals surface area contributed by atoms with Crippen molar-refractivity contribution >= 4 is 17.2 Å². The number of nitrogens with one attached hydrogen (secondary N) is 1. The first-order valence-corrected chi connectivity index (χ1v) is 6.20. The number of nitrogens with two attached hydrogens (primary N) is 1. The van der Waals surface area contributed by atoms with Crippen LogP contribution in [0.3, 0.4) is 0 Å². The molecule has 3 N–H and O–H groups in total. The topological polar surface area (TPSA) is 64.3 Å². The molecule has 2 rings (SSSR count). The fourth-order valence-electron chi connectivity index (χ4n) is 1.70. The highest BCUT2D eigenvalue weighted by molar-refractivity contribution is 7.12. The Hall–Kier alpha value is -1.07. The summed E-state index contributed by atoms with van der Waals surface area (Å²) < 4.78 is 5.03. The second-order valence-electron chi connectivity index (χ2n) is 4.25. The molecule has 5 heteroatoms. The van der Waals surface area contributed by atoms with Gasteiger partial charge in [0.2, 0.25) is 0 Å². The number of carbonyl (C=O) groups excluding carboxylic acids is 1. The quantitative estimate of drug-likeness (QED) is 0.835. The number of hydrogen-bond acceptors (Lipinski definition) is 4. The van der Waals surface area contributed by atoms with E-state index in [1.54, 1.807) is 13.2 Å². The zero-order valence-electron chi connectivity index (χ0n) is 9.29. The summed E-state index contributed by atoms with van der Waals surface area (Å²) in [7, 11) is 1.59. The molecular weight excluding hydrogens is 224 g/mol. The Labute approximate surface area is 98.8 Å². The molecule has 16 heavy (non-hydrogen) atoms. The molecule has 0 unspecified atom stereocenters. The molecule has 1 aliphatic rings. The molecule has 0 radical (unpaired) electrons. The molecule has 1 aromatic rings. The van der Waals surface area contributed by atoms with Gasteiger partial charge in [0.15, 0.2) is 0 Å². The molecule has 1 saturated carbocycles. The second kappa shape index (κ2) is 4.43. The van der Waals surface area contributed by atoms with E-state index >= 15 is 0 Å².